The van der Waals surface area contributed by atoms with Crippen molar-refractivity contribution in [1.82, 2.24) is 5.32 Å². The van der Waals surface area contributed by atoms with E-state index in [0.717, 1.165) is 31.5 Å². The lowest BCUT2D eigenvalue weighted by molar-refractivity contribution is -0.126. The molecule has 1 aliphatic rings. The van der Waals surface area contributed by atoms with Crippen LogP contribution in [0.2, 0.25) is 0 Å². The molecule has 0 radical (unpaired) electrons. The SMILES string of the molecule is CC1(C(=O)Nc2ccccc2CO)CCNCC1. The summed E-state index contributed by atoms with van der Waals surface area (Å²) >= 11 is 0. The maximum Gasteiger partial charge on any atom is 0.230 e. The first-order valence-electron chi connectivity index (χ1n) is 6.37. The standard InChI is InChI=1S/C14H20N2O2/c1-14(6-8-15-9-7-14)13(18)16-12-5-3-2-4-11(12)10-17/h2-5,15,17H,6-10H2,1H3,(H,16,18). The Morgan fingerprint density at radius 1 is 1.39 bits per heavy atom. The van der Waals surface area contributed by atoms with Crippen molar-refractivity contribution in [2.24, 2.45) is 5.41 Å². The molecule has 1 heterocycles. The molecule has 3 N–H and O–H groups in total. The number of nitrogens with one attached hydrogen (secondary N) is 2. The van der Waals surface area contributed by atoms with Crippen LogP contribution in [0.25, 0.3) is 0 Å². The molecule has 1 fully saturated rings. The van der Waals surface area contributed by atoms with Gasteiger partial charge in [0.1, 0.15) is 0 Å². The van der Waals surface area contributed by atoms with Crippen LogP contribution in [0.3, 0.4) is 0 Å². The molecule has 0 saturated carbocycles. The predicted octanol–water partition coefficient (Wildman–Crippen LogP) is 1.51. The zero-order valence-corrected chi connectivity index (χ0v) is 10.7. The largest absolute Gasteiger partial charge is 0.392 e. The van der Waals surface area contributed by atoms with Gasteiger partial charge in [-0.05, 0) is 32.0 Å². The number of piperidine rings is 1. The number of para-hydroxylation sites is 1. The van der Waals surface area contributed by atoms with Gasteiger partial charge in [-0.25, -0.2) is 0 Å². The second-order valence-corrected chi connectivity index (χ2v) is 5.08. The van der Waals surface area contributed by atoms with E-state index in [9.17, 15) is 9.90 Å². The summed E-state index contributed by atoms with van der Waals surface area (Å²) in [5, 5.41) is 15.5. The second kappa shape index (κ2) is 5.50. The van der Waals surface area contributed by atoms with Gasteiger partial charge in [-0.2, -0.15) is 0 Å². The number of aliphatic hydroxyl groups excluding tert-OH is 1. The summed E-state index contributed by atoms with van der Waals surface area (Å²) in [5.74, 6) is 0.0462. The number of carbonyl (C=O) groups excluding carboxylic acids is 1. The average molecular weight is 248 g/mol. The van der Waals surface area contributed by atoms with E-state index < -0.39 is 0 Å². The van der Waals surface area contributed by atoms with Crippen LogP contribution in [0.5, 0.6) is 0 Å². The first-order chi connectivity index (χ1) is 8.65. The van der Waals surface area contributed by atoms with Gasteiger partial charge in [-0.1, -0.05) is 25.1 Å². The fourth-order valence-corrected chi connectivity index (χ4v) is 2.26. The highest BCUT2D eigenvalue weighted by Gasteiger charge is 2.34. The Morgan fingerprint density at radius 2 is 2.06 bits per heavy atom. The summed E-state index contributed by atoms with van der Waals surface area (Å²) in [6, 6.07) is 7.36. The summed E-state index contributed by atoms with van der Waals surface area (Å²) in [6.45, 7) is 3.70. The fraction of sp³-hybridized carbons (Fsp3) is 0.500. The minimum absolute atomic E-state index is 0.0462. The van der Waals surface area contributed by atoms with E-state index in [1.54, 1.807) is 0 Å². The molecule has 1 aromatic carbocycles. The van der Waals surface area contributed by atoms with E-state index in [-0.39, 0.29) is 17.9 Å². The van der Waals surface area contributed by atoms with Crippen LogP contribution in [0.1, 0.15) is 25.3 Å². The maximum absolute atomic E-state index is 12.3. The Balaban J connectivity index is 2.10. The van der Waals surface area contributed by atoms with Gasteiger partial charge < -0.3 is 15.7 Å². The number of rotatable bonds is 3. The molecule has 0 bridgehead atoms. The van der Waals surface area contributed by atoms with E-state index in [0.29, 0.717) is 5.69 Å². The summed E-state index contributed by atoms with van der Waals surface area (Å²) < 4.78 is 0. The molecule has 1 saturated heterocycles. The molecule has 0 unspecified atom stereocenters. The van der Waals surface area contributed by atoms with Gasteiger partial charge in [-0.3, -0.25) is 4.79 Å². The lowest BCUT2D eigenvalue weighted by Crippen LogP contribution is -2.42. The fourth-order valence-electron chi connectivity index (χ4n) is 2.26. The van der Waals surface area contributed by atoms with Crippen molar-refractivity contribution in [2.45, 2.75) is 26.4 Å². The third-order valence-corrected chi connectivity index (χ3v) is 3.69. The molecule has 18 heavy (non-hydrogen) atoms. The first-order valence-corrected chi connectivity index (χ1v) is 6.37. The molecular weight excluding hydrogens is 228 g/mol. The number of hydrogen-bond donors (Lipinski definition) is 3. The van der Waals surface area contributed by atoms with Crippen molar-refractivity contribution in [3.8, 4) is 0 Å². The molecule has 98 valence electrons. The number of benzene rings is 1. The van der Waals surface area contributed by atoms with Gasteiger partial charge >= 0.3 is 0 Å². The van der Waals surface area contributed by atoms with Crippen molar-refractivity contribution in [3.05, 3.63) is 29.8 Å². The molecule has 1 aromatic rings. The van der Waals surface area contributed by atoms with E-state index in [2.05, 4.69) is 10.6 Å². The van der Waals surface area contributed by atoms with E-state index in [4.69, 9.17) is 0 Å². The van der Waals surface area contributed by atoms with Crippen LogP contribution < -0.4 is 10.6 Å². The van der Waals surface area contributed by atoms with Crippen LogP contribution in [0.4, 0.5) is 5.69 Å². The number of carbonyl (C=O) groups is 1. The van der Waals surface area contributed by atoms with E-state index >= 15 is 0 Å². The summed E-state index contributed by atoms with van der Waals surface area (Å²) in [4.78, 5) is 12.3. The Bertz CT molecular complexity index is 426. The Kier molecular flexibility index (Phi) is 3.99. The van der Waals surface area contributed by atoms with Gasteiger partial charge in [-0.15, -0.1) is 0 Å². The minimum atomic E-state index is -0.312. The first kappa shape index (κ1) is 13.1. The molecular formula is C14H20N2O2. The lowest BCUT2D eigenvalue weighted by Gasteiger charge is -2.32. The smallest absolute Gasteiger partial charge is 0.230 e. The summed E-state index contributed by atoms with van der Waals surface area (Å²) in [5.41, 5.74) is 1.15. The van der Waals surface area contributed by atoms with Crippen LogP contribution in [-0.2, 0) is 11.4 Å². The van der Waals surface area contributed by atoms with Gasteiger partial charge in [0, 0.05) is 16.7 Å². The average Bonchev–Trinajstić information content (AvgIpc) is 2.40. The zero-order valence-electron chi connectivity index (χ0n) is 10.7. The number of hydrogen-bond acceptors (Lipinski definition) is 3. The van der Waals surface area contributed by atoms with Crippen LogP contribution in [0, 0.1) is 5.41 Å². The normalized spacial score (nSPS) is 18.3. The Morgan fingerprint density at radius 3 is 2.72 bits per heavy atom. The topological polar surface area (TPSA) is 61.4 Å². The molecule has 4 heteroatoms. The maximum atomic E-state index is 12.3. The molecule has 0 aliphatic carbocycles. The summed E-state index contributed by atoms with van der Waals surface area (Å²) in [7, 11) is 0. The number of amides is 1. The molecule has 0 aromatic heterocycles. The monoisotopic (exact) mass is 248 g/mol. The number of anilines is 1. The van der Waals surface area contributed by atoms with Crippen LogP contribution in [0.15, 0.2) is 24.3 Å². The van der Waals surface area contributed by atoms with Gasteiger partial charge in [0.2, 0.25) is 5.91 Å². The van der Waals surface area contributed by atoms with E-state index in [1.807, 2.05) is 31.2 Å². The molecule has 2 rings (SSSR count). The van der Waals surface area contributed by atoms with Crippen molar-refractivity contribution in [2.75, 3.05) is 18.4 Å². The Hall–Kier alpha value is -1.39. The lowest BCUT2D eigenvalue weighted by atomic mass is 9.80. The predicted molar refractivity (Wildman–Crippen MR) is 71.2 cm³/mol. The van der Waals surface area contributed by atoms with Crippen molar-refractivity contribution >= 4 is 11.6 Å². The van der Waals surface area contributed by atoms with Gasteiger partial charge in [0.25, 0.3) is 0 Å². The molecule has 4 nitrogen and oxygen atoms in total. The van der Waals surface area contributed by atoms with Crippen LogP contribution >= 0.6 is 0 Å². The quantitative estimate of drug-likeness (QED) is 0.760. The molecule has 1 aliphatic heterocycles. The minimum Gasteiger partial charge on any atom is -0.392 e. The molecule has 0 spiro atoms. The summed E-state index contributed by atoms with van der Waals surface area (Å²) in [6.07, 6.45) is 1.69. The third-order valence-electron chi connectivity index (χ3n) is 3.69. The second-order valence-electron chi connectivity index (χ2n) is 5.08. The van der Waals surface area contributed by atoms with Gasteiger partial charge in [0.05, 0.1) is 6.61 Å². The highest BCUT2D eigenvalue weighted by Crippen LogP contribution is 2.30. The van der Waals surface area contributed by atoms with Gasteiger partial charge in [0.15, 0.2) is 0 Å². The number of aliphatic hydroxyl groups is 1. The molecule has 0 atom stereocenters. The van der Waals surface area contributed by atoms with Crippen LogP contribution in [-0.4, -0.2) is 24.1 Å². The zero-order chi connectivity index (χ0) is 13.0. The molecule has 1 amide bonds. The highest BCUT2D eigenvalue weighted by atomic mass is 16.3. The van der Waals surface area contributed by atoms with E-state index in [1.165, 1.54) is 0 Å². The van der Waals surface area contributed by atoms with Crippen molar-refractivity contribution in [1.29, 1.82) is 0 Å². The van der Waals surface area contributed by atoms with Crippen molar-refractivity contribution in [3.63, 3.8) is 0 Å². The third kappa shape index (κ3) is 2.71. The Labute approximate surface area is 107 Å². The highest BCUT2D eigenvalue weighted by molar-refractivity contribution is 5.95. The van der Waals surface area contributed by atoms with Crippen molar-refractivity contribution < 1.29 is 9.90 Å².